The van der Waals surface area contributed by atoms with Crippen LogP contribution in [0.1, 0.15) is 67.2 Å². The van der Waals surface area contributed by atoms with E-state index in [0.29, 0.717) is 29.1 Å². The highest BCUT2D eigenvalue weighted by Crippen LogP contribution is 2.66. The lowest BCUT2D eigenvalue weighted by Gasteiger charge is -2.40. The Bertz CT molecular complexity index is 312. The van der Waals surface area contributed by atoms with Crippen LogP contribution in [0.5, 0.6) is 0 Å². The van der Waals surface area contributed by atoms with Gasteiger partial charge < -0.3 is 10.1 Å². The molecular weight excluding hydrogens is 234 g/mol. The fourth-order valence-electron chi connectivity index (χ4n) is 4.22. The predicted octanol–water partition coefficient (Wildman–Crippen LogP) is 3.99. The summed E-state index contributed by atoms with van der Waals surface area (Å²) in [4.78, 5) is 0. The highest BCUT2D eigenvalue weighted by molar-refractivity contribution is 5.11. The van der Waals surface area contributed by atoms with Gasteiger partial charge in [-0.2, -0.15) is 0 Å². The Kier molecular flexibility index (Phi) is 4.32. The lowest BCUT2D eigenvalue weighted by molar-refractivity contribution is -0.0865. The molecule has 0 heterocycles. The number of hydrogen-bond acceptors (Lipinski definition) is 2. The van der Waals surface area contributed by atoms with Gasteiger partial charge in [-0.1, -0.05) is 41.5 Å². The van der Waals surface area contributed by atoms with Crippen molar-refractivity contribution in [1.82, 2.24) is 5.32 Å². The zero-order valence-electron chi connectivity index (χ0n) is 13.8. The van der Waals surface area contributed by atoms with Crippen molar-refractivity contribution in [1.29, 1.82) is 0 Å². The summed E-state index contributed by atoms with van der Waals surface area (Å²) in [5.74, 6) is 0.873. The minimum Gasteiger partial charge on any atom is -0.373 e. The van der Waals surface area contributed by atoms with Crippen molar-refractivity contribution in [2.75, 3.05) is 6.54 Å². The van der Waals surface area contributed by atoms with Crippen LogP contribution in [0.15, 0.2) is 0 Å². The van der Waals surface area contributed by atoms with Crippen LogP contribution in [-0.4, -0.2) is 24.8 Å². The molecule has 4 unspecified atom stereocenters. The summed E-state index contributed by atoms with van der Waals surface area (Å²) in [6.07, 6.45) is 5.99. The lowest BCUT2D eigenvalue weighted by atomic mass is 9.70. The van der Waals surface area contributed by atoms with Gasteiger partial charge in [0.25, 0.3) is 0 Å². The maximum atomic E-state index is 6.52. The molecule has 0 aromatic rings. The first-order valence-electron chi connectivity index (χ1n) is 8.20. The van der Waals surface area contributed by atoms with E-state index in [-0.39, 0.29) is 0 Å². The van der Waals surface area contributed by atoms with Gasteiger partial charge in [-0.05, 0) is 42.4 Å². The Labute approximate surface area is 119 Å². The molecule has 0 aliphatic heterocycles. The second-order valence-corrected chi connectivity index (χ2v) is 7.83. The smallest absolute Gasteiger partial charge is 0.0701 e. The summed E-state index contributed by atoms with van der Waals surface area (Å²) in [5, 5.41) is 3.52. The molecule has 2 saturated carbocycles. The van der Waals surface area contributed by atoms with Crippen LogP contribution in [0.3, 0.4) is 0 Å². The third-order valence-electron chi connectivity index (χ3n) is 6.28. The molecule has 19 heavy (non-hydrogen) atoms. The second-order valence-electron chi connectivity index (χ2n) is 7.83. The molecule has 2 heteroatoms. The van der Waals surface area contributed by atoms with Crippen LogP contribution in [0, 0.1) is 16.7 Å². The van der Waals surface area contributed by atoms with Gasteiger partial charge in [0, 0.05) is 12.6 Å². The van der Waals surface area contributed by atoms with Crippen molar-refractivity contribution in [3.05, 3.63) is 0 Å². The summed E-state index contributed by atoms with van der Waals surface area (Å²) < 4.78 is 6.52. The van der Waals surface area contributed by atoms with Gasteiger partial charge in [-0.15, -0.1) is 0 Å². The van der Waals surface area contributed by atoms with E-state index in [1.54, 1.807) is 0 Å². The van der Waals surface area contributed by atoms with E-state index in [4.69, 9.17) is 4.74 Å². The molecule has 0 amide bonds. The van der Waals surface area contributed by atoms with E-state index in [2.05, 4.69) is 46.9 Å². The Balaban J connectivity index is 1.96. The third kappa shape index (κ3) is 2.58. The van der Waals surface area contributed by atoms with Gasteiger partial charge in [0.05, 0.1) is 12.2 Å². The van der Waals surface area contributed by atoms with Gasteiger partial charge in [0.1, 0.15) is 0 Å². The largest absolute Gasteiger partial charge is 0.373 e. The molecule has 0 aromatic carbocycles. The van der Waals surface area contributed by atoms with Gasteiger partial charge >= 0.3 is 0 Å². The van der Waals surface area contributed by atoms with Crippen molar-refractivity contribution in [2.45, 2.75) is 85.5 Å². The van der Waals surface area contributed by atoms with Crippen LogP contribution < -0.4 is 5.32 Å². The molecule has 2 aliphatic rings. The van der Waals surface area contributed by atoms with Crippen molar-refractivity contribution in [3.63, 3.8) is 0 Å². The third-order valence-corrected chi connectivity index (χ3v) is 6.28. The molecular formula is C17H33NO. The average molecular weight is 267 g/mol. The van der Waals surface area contributed by atoms with Gasteiger partial charge in [-0.3, -0.25) is 0 Å². The van der Waals surface area contributed by atoms with Gasteiger partial charge in [0.2, 0.25) is 0 Å². The van der Waals surface area contributed by atoms with Gasteiger partial charge in [-0.25, -0.2) is 0 Å². The molecule has 2 rings (SSSR count). The Morgan fingerprint density at radius 1 is 1.26 bits per heavy atom. The summed E-state index contributed by atoms with van der Waals surface area (Å²) in [6, 6.07) is 0.546. The highest BCUT2D eigenvalue weighted by atomic mass is 16.5. The second kappa shape index (κ2) is 5.37. The maximum Gasteiger partial charge on any atom is 0.0701 e. The molecule has 2 nitrogen and oxygen atoms in total. The van der Waals surface area contributed by atoms with Crippen molar-refractivity contribution in [2.24, 2.45) is 16.7 Å². The average Bonchev–Trinajstić information content (AvgIpc) is 2.66. The van der Waals surface area contributed by atoms with Crippen LogP contribution in [-0.2, 0) is 4.74 Å². The molecule has 2 fully saturated rings. The number of ether oxygens (including phenoxy) is 1. The number of hydrogen-bond donors (Lipinski definition) is 1. The van der Waals surface area contributed by atoms with E-state index in [0.717, 1.165) is 18.9 Å². The minimum atomic E-state index is 0.374. The molecule has 0 saturated heterocycles. The standard InChI is InChI=1S/C17H33NO/c1-7-14(11-18-12(2)3)19-15-10-13-8-9-17(15,6)16(13,4)5/h12-15,18H,7-11H2,1-6H3. The Hall–Kier alpha value is -0.0800. The van der Waals surface area contributed by atoms with Crippen LogP contribution >= 0.6 is 0 Å². The Morgan fingerprint density at radius 2 is 1.95 bits per heavy atom. The van der Waals surface area contributed by atoms with Gasteiger partial charge in [0.15, 0.2) is 0 Å². The fourth-order valence-corrected chi connectivity index (χ4v) is 4.22. The van der Waals surface area contributed by atoms with Crippen LogP contribution in [0.4, 0.5) is 0 Å². The number of rotatable bonds is 6. The summed E-state index contributed by atoms with van der Waals surface area (Å²) >= 11 is 0. The molecule has 0 aromatic heterocycles. The SMILES string of the molecule is CCC(CNC(C)C)OC1CC2CCC1(C)C2(C)C. The molecule has 0 spiro atoms. The minimum absolute atomic E-state index is 0.374. The molecule has 2 aliphatic carbocycles. The van der Waals surface area contributed by atoms with Crippen molar-refractivity contribution < 1.29 is 4.74 Å². The zero-order valence-corrected chi connectivity index (χ0v) is 13.8. The van der Waals surface area contributed by atoms with E-state index in [1.165, 1.54) is 19.3 Å². The first-order valence-corrected chi connectivity index (χ1v) is 8.20. The van der Waals surface area contributed by atoms with Crippen LogP contribution in [0.2, 0.25) is 0 Å². The summed E-state index contributed by atoms with van der Waals surface area (Å²) in [6.45, 7) is 15.0. The number of fused-ring (bicyclic) bond motifs is 2. The molecule has 4 atom stereocenters. The summed E-state index contributed by atoms with van der Waals surface area (Å²) in [5.41, 5.74) is 0.852. The normalized spacial score (nSPS) is 38.1. The molecule has 2 bridgehead atoms. The number of nitrogens with one attached hydrogen (secondary N) is 1. The first kappa shape index (κ1) is 15.3. The molecule has 0 radical (unpaired) electrons. The van der Waals surface area contributed by atoms with E-state index in [1.807, 2.05) is 0 Å². The first-order chi connectivity index (χ1) is 8.81. The van der Waals surface area contributed by atoms with Crippen molar-refractivity contribution in [3.8, 4) is 0 Å². The molecule has 1 N–H and O–H groups in total. The van der Waals surface area contributed by atoms with E-state index in [9.17, 15) is 0 Å². The maximum absolute atomic E-state index is 6.52. The molecule has 112 valence electrons. The quantitative estimate of drug-likeness (QED) is 0.785. The van der Waals surface area contributed by atoms with Crippen molar-refractivity contribution >= 4 is 0 Å². The Morgan fingerprint density at radius 3 is 2.37 bits per heavy atom. The highest BCUT2D eigenvalue weighted by Gasteiger charge is 2.62. The van der Waals surface area contributed by atoms with E-state index >= 15 is 0 Å². The zero-order chi connectivity index (χ0) is 14.3. The lowest BCUT2D eigenvalue weighted by Crippen LogP contribution is -2.42. The fraction of sp³-hybridized carbons (Fsp3) is 1.00. The summed E-state index contributed by atoms with van der Waals surface area (Å²) in [7, 11) is 0. The van der Waals surface area contributed by atoms with E-state index < -0.39 is 0 Å². The van der Waals surface area contributed by atoms with Crippen LogP contribution in [0.25, 0.3) is 0 Å². The monoisotopic (exact) mass is 267 g/mol. The topological polar surface area (TPSA) is 21.3 Å². The predicted molar refractivity (Wildman–Crippen MR) is 81.3 cm³/mol.